The first-order valence-corrected chi connectivity index (χ1v) is 4.58. The van der Waals surface area contributed by atoms with Gasteiger partial charge in [0.05, 0.1) is 0 Å². The molecule has 0 bridgehead atoms. The molecule has 0 saturated heterocycles. The Balaban J connectivity index is 0.000000187. The fraction of sp³-hybridized carbons (Fsp3) is 0. The molecule has 0 spiro atoms. The average molecular weight is 198 g/mol. The van der Waals surface area contributed by atoms with Crippen molar-refractivity contribution in [3.63, 3.8) is 0 Å². The van der Waals surface area contributed by atoms with E-state index in [0.29, 0.717) is 0 Å². The van der Waals surface area contributed by atoms with Crippen molar-refractivity contribution < 1.29 is 29.5 Å². The van der Waals surface area contributed by atoms with Gasteiger partial charge in [-0.3, -0.25) is 0 Å². The van der Waals surface area contributed by atoms with E-state index in [1.165, 1.54) is 6.33 Å². The second-order valence-corrected chi connectivity index (χ2v) is 2.75. The Labute approximate surface area is 64.9 Å². The molecular formula is C4H6CrN2O4. The summed E-state index contributed by atoms with van der Waals surface area (Å²) in [5.41, 5.74) is 0. The van der Waals surface area contributed by atoms with Crippen LogP contribution in [-0.4, -0.2) is 18.3 Å². The smallest absolute Gasteiger partial charge is 0.115 e. The molecule has 0 aromatic carbocycles. The second kappa shape index (κ2) is 4.87. The summed E-state index contributed by atoms with van der Waals surface area (Å²) in [5, 5.41) is 0. The van der Waals surface area contributed by atoms with Crippen LogP contribution in [0.25, 0.3) is 0 Å². The third-order valence-corrected chi connectivity index (χ3v) is 0.478. The molecule has 1 heterocycles. The van der Waals surface area contributed by atoms with E-state index in [2.05, 4.69) is 9.97 Å². The molecule has 1 aromatic rings. The monoisotopic (exact) mass is 198 g/mol. The van der Waals surface area contributed by atoms with E-state index in [1.54, 1.807) is 18.5 Å². The molecular weight excluding hydrogens is 192 g/mol. The van der Waals surface area contributed by atoms with E-state index >= 15 is 0 Å². The number of aromatic nitrogens is 2. The Hall–Kier alpha value is -0.868. The van der Waals surface area contributed by atoms with Crippen molar-refractivity contribution >= 4 is 0 Å². The molecule has 2 N–H and O–H groups in total. The maximum atomic E-state index is 8.82. The van der Waals surface area contributed by atoms with Crippen molar-refractivity contribution in [2.24, 2.45) is 0 Å². The zero-order valence-corrected chi connectivity index (χ0v) is 6.60. The molecule has 1 aromatic heterocycles. The van der Waals surface area contributed by atoms with Gasteiger partial charge in [0.15, 0.2) is 0 Å². The fourth-order valence-corrected chi connectivity index (χ4v) is 0.253. The van der Waals surface area contributed by atoms with Gasteiger partial charge >= 0.3 is 29.5 Å². The summed E-state index contributed by atoms with van der Waals surface area (Å²) >= 11 is -5.25. The summed E-state index contributed by atoms with van der Waals surface area (Å²) in [7, 11) is 0. The summed E-state index contributed by atoms with van der Waals surface area (Å²) in [5.74, 6) is 0. The number of hydrogen-bond acceptors (Lipinski definition) is 4. The van der Waals surface area contributed by atoms with Crippen LogP contribution in [0, 0.1) is 0 Å². The van der Waals surface area contributed by atoms with E-state index in [0.717, 1.165) is 0 Å². The van der Waals surface area contributed by atoms with Crippen LogP contribution >= 0.6 is 0 Å². The Morgan fingerprint density at radius 2 is 1.45 bits per heavy atom. The van der Waals surface area contributed by atoms with Crippen LogP contribution in [0.4, 0.5) is 0 Å². The number of nitrogens with zero attached hydrogens (tertiary/aromatic N) is 2. The maximum Gasteiger partial charge on any atom is 0.115 e. The Bertz CT molecular complexity index is 237. The molecule has 62 valence electrons. The van der Waals surface area contributed by atoms with Crippen molar-refractivity contribution in [2.45, 2.75) is 0 Å². The van der Waals surface area contributed by atoms with Crippen LogP contribution < -0.4 is 0 Å². The standard InChI is InChI=1S/C4H4N2.Cr.2H2O.2O/c1-2-5-4-6-3-1;;;;;/h1-4H;;2*1H2;;/q;+2;;;;/p-2. The molecule has 0 aliphatic carbocycles. The van der Waals surface area contributed by atoms with Gasteiger partial charge in [0.25, 0.3) is 0 Å². The Morgan fingerprint density at radius 1 is 1.09 bits per heavy atom. The number of hydrogen-bond donors (Lipinski definition) is 2. The zero-order chi connectivity index (χ0) is 8.74. The van der Waals surface area contributed by atoms with Gasteiger partial charge in [0.2, 0.25) is 0 Å². The van der Waals surface area contributed by atoms with Gasteiger partial charge in [-0.15, -0.1) is 0 Å². The summed E-state index contributed by atoms with van der Waals surface area (Å²) in [4.78, 5) is 7.35. The molecule has 0 unspecified atom stereocenters. The van der Waals surface area contributed by atoms with Crippen molar-refractivity contribution in [2.75, 3.05) is 0 Å². The van der Waals surface area contributed by atoms with Crippen molar-refractivity contribution in [3.8, 4) is 0 Å². The van der Waals surface area contributed by atoms with Crippen LogP contribution in [0.1, 0.15) is 0 Å². The van der Waals surface area contributed by atoms with E-state index in [9.17, 15) is 0 Å². The predicted molar refractivity (Wildman–Crippen MR) is 27.8 cm³/mol. The van der Waals surface area contributed by atoms with E-state index in [1.807, 2.05) is 0 Å². The second-order valence-electron chi connectivity index (χ2n) is 1.35. The van der Waals surface area contributed by atoms with Crippen LogP contribution in [0.5, 0.6) is 0 Å². The minimum absolute atomic E-state index is 1.50. The maximum absolute atomic E-state index is 8.82. The van der Waals surface area contributed by atoms with E-state index < -0.39 is 13.6 Å². The summed E-state index contributed by atoms with van der Waals surface area (Å²) in [6, 6.07) is 1.78. The van der Waals surface area contributed by atoms with Gasteiger partial charge in [0, 0.05) is 12.4 Å². The molecule has 0 amide bonds. The first-order chi connectivity index (χ1) is 5.00. The molecule has 0 saturated carbocycles. The molecule has 6 nitrogen and oxygen atoms in total. The summed E-state index contributed by atoms with van der Waals surface area (Å²) in [6.07, 6.45) is 4.88. The third kappa shape index (κ3) is 17.6. The molecule has 0 aliphatic rings. The molecule has 0 radical (unpaired) electrons. The van der Waals surface area contributed by atoms with Gasteiger partial charge in [0.1, 0.15) is 6.33 Å². The van der Waals surface area contributed by atoms with Crippen LogP contribution in [0.2, 0.25) is 0 Å². The Kier molecular flexibility index (Phi) is 4.49. The average Bonchev–Trinajstić information content (AvgIpc) is 1.88. The van der Waals surface area contributed by atoms with Gasteiger partial charge in [-0.25, -0.2) is 9.97 Å². The van der Waals surface area contributed by atoms with E-state index in [4.69, 9.17) is 15.9 Å². The van der Waals surface area contributed by atoms with Gasteiger partial charge in [-0.2, -0.15) is 0 Å². The van der Waals surface area contributed by atoms with Gasteiger partial charge in [-0.1, -0.05) is 0 Å². The largest absolute Gasteiger partial charge is 0.245 e. The molecule has 0 atom stereocenters. The molecule has 0 aliphatic heterocycles. The first-order valence-electron chi connectivity index (χ1n) is 2.40. The Morgan fingerprint density at radius 3 is 1.55 bits per heavy atom. The van der Waals surface area contributed by atoms with Crippen LogP contribution in [0.3, 0.4) is 0 Å². The third-order valence-electron chi connectivity index (χ3n) is 0.478. The van der Waals surface area contributed by atoms with Crippen LogP contribution in [-0.2, 0) is 21.2 Å². The molecule has 0 fully saturated rings. The first kappa shape index (κ1) is 10.1. The zero-order valence-electron chi connectivity index (χ0n) is 5.32. The minimum Gasteiger partial charge on any atom is -0.245 e. The fourth-order valence-electron chi connectivity index (χ4n) is 0.253. The molecule has 7 heteroatoms. The number of rotatable bonds is 0. The van der Waals surface area contributed by atoms with Crippen molar-refractivity contribution in [1.29, 1.82) is 0 Å². The molecule has 1 rings (SSSR count). The SMILES string of the molecule is [O]=[Cr](=[O])([OH])[OH].c1cncnc1. The van der Waals surface area contributed by atoms with E-state index in [-0.39, 0.29) is 0 Å². The molecule has 11 heavy (non-hydrogen) atoms. The quantitative estimate of drug-likeness (QED) is 0.561. The minimum atomic E-state index is -5.25. The topological polar surface area (TPSA) is 100 Å². The van der Waals surface area contributed by atoms with Crippen molar-refractivity contribution in [3.05, 3.63) is 24.8 Å². The van der Waals surface area contributed by atoms with Gasteiger partial charge in [-0.05, 0) is 6.07 Å². The van der Waals surface area contributed by atoms with Crippen LogP contribution in [0.15, 0.2) is 24.8 Å². The predicted octanol–water partition coefficient (Wildman–Crippen LogP) is -0.877. The normalized spacial score (nSPS) is 9.64. The summed E-state index contributed by atoms with van der Waals surface area (Å²) in [6.45, 7) is 0. The van der Waals surface area contributed by atoms with Gasteiger partial charge < -0.3 is 0 Å². The summed E-state index contributed by atoms with van der Waals surface area (Å²) < 4.78 is 31.9. The van der Waals surface area contributed by atoms with Crippen molar-refractivity contribution in [1.82, 2.24) is 9.97 Å².